The first-order chi connectivity index (χ1) is 14.4. The SMILES string of the molecule is CCc1c(N)ncnc1N1CCC(N)(C(=O)N[C@@H](CCO)c2ccc(Cl)cc2)CC1. The Morgan fingerprint density at radius 1 is 1.30 bits per heavy atom. The molecule has 2 aromatic rings. The first-order valence-corrected chi connectivity index (χ1v) is 10.6. The molecule has 1 saturated heterocycles. The Morgan fingerprint density at radius 3 is 2.57 bits per heavy atom. The molecule has 30 heavy (non-hydrogen) atoms. The predicted molar refractivity (Wildman–Crippen MR) is 118 cm³/mol. The van der Waals surface area contributed by atoms with Crippen LogP contribution in [0.4, 0.5) is 11.6 Å². The van der Waals surface area contributed by atoms with Gasteiger partial charge in [-0.2, -0.15) is 0 Å². The number of carbonyl (C=O) groups is 1. The fraction of sp³-hybridized carbons (Fsp3) is 0.476. The fourth-order valence-corrected chi connectivity index (χ4v) is 3.95. The Morgan fingerprint density at radius 2 is 1.97 bits per heavy atom. The van der Waals surface area contributed by atoms with Crippen LogP contribution in [0.15, 0.2) is 30.6 Å². The van der Waals surface area contributed by atoms with Crippen molar-refractivity contribution in [2.75, 3.05) is 30.3 Å². The van der Waals surface area contributed by atoms with E-state index >= 15 is 0 Å². The molecule has 9 heteroatoms. The molecule has 162 valence electrons. The second kappa shape index (κ2) is 9.59. The monoisotopic (exact) mass is 432 g/mol. The number of aliphatic hydroxyl groups excluding tert-OH is 1. The molecule has 1 aromatic heterocycles. The maximum Gasteiger partial charge on any atom is 0.240 e. The third-order valence-corrected chi connectivity index (χ3v) is 5.96. The molecule has 0 aliphatic carbocycles. The highest BCUT2D eigenvalue weighted by Gasteiger charge is 2.39. The van der Waals surface area contributed by atoms with Gasteiger partial charge in [-0.05, 0) is 43.4 Å². The van der Waals surface area contributed by atoms with Gasteiger partial charge in [-0.1, -0.05) is 30.7 Å². The Labute approximate surface area is 181 Å². The zero-order valence-electron chi connectivity index (χ0n) is 17.1. The van der Waals surface area contributed by atoms with Crippen molar-refractivity contribution in [1.29, 1.82) is 0 Å². The molecule has 3 rings (SSSR count). The number of amides is 1. The van der Waals surface area contributed by atoms with E-state index in [1.54, 1.807) is 12.1 Å². The number of hydrogen-bond acceptors (Lipinski definition) is 7. The van der Waals surface area contributed by atoms with Gasteiger partial charge in [0.05, 0.1) is 11.6 Å². The van der Waals surface area contributed by atoms with Gasteiger partial charge in [0.1, 0.15) is 18.0 Å². The van der Waals surface area contributed by atoms with Gasteiger partial charge in [-0.3, -0.25) is 4.79 Å². The second-order valence-corrected chi connectivity index (χ2v) is 8.08. The van der Waals surface area contributed by atoms with E-state index in [4.69, 9.17) is 23.1 Å². The number of nitrogens with one attached hydrogen (secondary N) is 1. The van der Waals surface area contributed by atoms with E-state index < -0.39 is 5.54 Å². The quantitative estimate of drug-likeness (QED) is 0.524. The molecule has 1 amide bonds. The summed E-state index contributed by atoms with van der Waals surface area (Å²) in [4.78, 5) is 23.6. The third kappa shape index (κ3) is 4.83. The van der Waals surface area contributed by atoms with Crippen LogP contribution in [0.25, 0.3) is 0 Å². The molecule has 0 saturated carbocycles. The number of piperidine rings is 1. The van der Waals surface area contributed by atoms with Crippen LogP contribution in [-0.2, 0) is 11.2 Å². The maximum absolute atomic E-state index is 13.1. The highest BCUT2D eigenvalue weighted by atomic mass is 35.5. The summed E-state index contributed by atoms with van der Waals surface area (Å²) in [5, 5.41) is 13.1. The predicted octanol–water partition coefficient (Wildman–Crippen LogP) is 1.81. The Hall–Kier alpha value is -2.42. The standard InChI is InChI=1S/C21H29ClN6O2/c1-2-16-18(23)25-13-26-19(16)28-10-8-21(24,9-11-28)20(30)27-17(7-12-29)14-3-5-15(22)6-4-14/h3-6,13,17,29H,2,7-12,24H2,1H3,(H,27,30)(H2,23,25,26)/t17-/m0/s1. The molecule has 8 nitrogen and oxygen atoms in total. The number of anilines is 2. The van der Waals surface area contributed by atoms with Crippen molar-refractivity contribution in [3.05, 3.63) is 46.7 Å². The number of nitrogens with zero attached hydrogens (tertiary/aromatic N) is 3. The molecule has 1 aromatic carbocycles. The topological polar surface area (TPSA) is 130 Å². The molecule has 1 aliphatic rings. The van der Waals surface area contributed by atoms with Crippen molar-refractivity contribution < 1.29 is 9.90 Å². The Kier molecular flexibility index (Phi) is 7.12. The minimum absolute atomic E-state index is 0.0478. The number of nitrogens with two attached hydrogens (primary N) is 2. The van der Waals surface area contributed by atoms with Gasteiger partial charge in [-0.15, -0.1) is 0 Å². The summed E-state index contributed by atoms with van der Waals surface area (Å²) in [7, 11) is 0. The van der Waals surface area contributed by atoms with Gasteiger partial charge in [-0.25, -0.2) is 9.97 Å². The summed E-state index contributed by atoms with van der Waals surface area (Å²) in [6.45, 7) is 3.16. The average Bonchev–Trinajstić information content (AvgIpc) is 2.74. The van der Waals surface area contributed by atoms with Crippen LogP contribution in [0.5, 0.6) is 0 Å². The van der Waals surface area contributed by atoms with Crippen LogP contribution in [0.2, 0.25) is 5.02 Å². The number of hydrogen-bond donors (Lipinski definition) is 4. The van der Waals surface area contributed by atoms with Crippen LogP contribution in [0.3, 0.4) is 0 Å². The number of halogens is 1. The van der Waals surface area contributed by atoms with E-state index in [2.05, 4.69) is 20.2 Å². The third-order valence-electron chi connectivity index (χ3n) is 5.71. The van der Waals surface area contributed by atoms with Crippen molar-refractivity contribution in [3.8, 4) is 0 Å². The summed E-state index contributed by atoms with van der Waals surface area (Å²) in [6, 6.07) is 6.90. The minimum atomic E-state index is -0.985. The molecule has 1 aliphatic heterocycles. The lowest BCUT2D eigenvalue weighted by molar-refractivity contribution is -0.128. The van der Waals surface area contributed by atoms with E-state index in [-0.39, 0.29) is 18.6 Å². The van der Waals surface area contributed by atoms with Crippen LogP contribution < -0.4 is 21.7 Å². The van der Waals surface area contributed by atoms with Crippen LogP contribution >= 0.6 is 11.6 Å². The molecule has 6 N–H and O–H groups in total. The molecule has 1 fully saturated rings. The van der Waals surface area contributed by atoms with Gasteiger partial charge in [0, 0.05) is 30.3 Å². The highest BCUT2D eigenvalue weighted by Crippen LogP contribution is 2.29. The van der Waals surface area contributed by atoms with Crippen LogP contribution in [0.1, 0.15) is 43.4 Å². The largest absolute Gasteiger partial charge is 0.396 e. The summed E-state index contributed by atoms with van der Waals surface area (Å²) < 4.78 is 0. The van der Waals surface area contributed by atoms with Crippen molar-refractivity contribution in [2.45, 2.75) is 44.2 Å². The van der Waals surface area contributed by atoms with Crippen molar-refractivity contribution in [2.24, 2.45) is 5.73 Å². The van der Waals surface area contributed by atoms with Crippen LogP contribution in [-0.4, -0.2) is 46.2 Å². The van der Waals surface area contributed by atoms with E-state index in [0.29, 0.717) is 43.2 Å². The van der Waals surface area contributed by atoms with E-state index in [9.17, 15) is 9.90 Å². The zero-order valence-corrected chi connectivity index (χ0v) is 17.9. The molecule has 2 heterocycles. The number of carbonyl (C=O) groups excluding carboxylic acids is 1. The van der Waals surface area contributed by atoms with E-state index in [0.717, 1.165) is 23.4 Å². The number of aromatic nitrogens is 2. The minimum Gasteiger partial charge on any atom is -0.396 e. The second-order valence-electron chi connectivity index (χ2n) is 7.65. The van der Waals surface area contributed by atoms with Crippen LogP contribution in [0, 0.1) is 0 Å². The Bertz CT molecular complexity index is 868. The van der Waals surface area contributed by atoms with Gasteiger partial charge in [0.25, 0.3) is 0 Å². The van der Waals surface area contributed by atoms with Gasteiger partial charge >= 0.3 is 0 Å². The van der Waals surface area contributed by atoms with E-state index in [1.807, 2.05) is 19.1 Å². The normalized spacial score (nSPS) is 16.9. The van der Waals surface area contributed by atoms with Crippen molar-refractivity contribution in [3.63, 3.8) is 0 Å². The zero-order chi connectivity index (χ0) is 21.7. The van der Waals surface area contributed by atoms with Crippen molar-refractivity contribution >= 4 is 29.1 Å². The number of aliphatic hydroxyl groups is 1. The maximum atomic E-state index is 13.1. The number of rotatable bonds is 7. The molecule has 0 unspecified atom stereocenters. The molecule has 0 bridgehead atoms. The summed E-state index contributed by atoms with van der Waals surface area (Å²) in [6.07, 6.45) is 3.56. The van der Waals surface area contributed by atoms with E-state index in [1.165, 1.54) is 6.33 Å². The number of nitrogen functional groups attached to an aromatic ring is 1. The number of benzene rings is 1. The molecule has 1 atom stereocenters. The van der Waals surface area contributed by atoms with Gasteiger partial charge in [0.15, 0.2) is 0 Å². The lowest BCUT2D eigenvalue weighted by Gasteiger charge is -2.39. The first-order valence-electron chi connectivity index (χ1n) is 10.2. The molecular weight excluding hydrogens is 404 g/mol. The molecule has 0 radical (unpaired) electrons. The summed E-state index contributed by atoms with van der Waals surface area (Å²) in [5.41, 5.74) is 13.3. The Balaban J connectivity index is 1.68. The lowest BCUT2D eigenvalue weighted by atomic mass is 9.86. The lowest BCUT2D eigenvalue weighted by Crippen LogP contribution is -2.60. The van der Waals surface area contributed by atoms with Gasteiger partial charge < -0.3 is 26.8 Å². The summed E-state index contributed by atoms with van der Waals surface area (Å²) in [5.74, 6) is 1.08. The van der Waals surface area contributed by atoms with Gasteiger partial charge in [0.2, 0.25) is 5.91 Å². The molecule has 0 spiro atoms. The molecular formula is C21H29ClN6O2. The first kappa shape index (κ1) is 22.3. The smallest absolute Gasteiger partial charge is 0.240 e. The average molecular weight is 433 g/mol. The van der Waals surface area contributed by atoms with Crippen molar-refractivity contribution in [1.82, 2.24) is 15.3 Å². The summed E-state index contributed by atoms with van der Waals surface area (Å²) >= 11 is 5.96. The fourth-order valence-electron chi connectivity index (χ4n) is 3.82. The highest BCUT2D eigenvalue weighted by molar-refractivity contribution is 6.30.